The first-order valence-electron chi connectivity index (χ1n) is 4.81. The van der Waals surface area contributed by atoms with Crippen molar-refractivity contribution in [1.29, 1.82) is 0 Å². The Morgan fingerprint density at radius 2 is 2.00 bits per heavy atom. The van der Waals surface area contributed by atoms with Crippen molar-refractivity contribution in [2.45, 2.75) is 18.9 Å². The summed E-state index contributed by atoms with van der Waals surface area (Å²) in [6.07, 6.45) is 3.18. The van der Waals surface area contributed by atoms with Gasteiger partial charge in [-0.1, -0.05) is 36.4 Å². The number of hydrogen-bond acceptors (Lipinski definition) is 2. The number of aliphatic carboxylic acids is 1. The number of aliphatic hydroxyl groups excluding tert-OH is 1. The van der Waals surface area contributed by atoms with Crippen LogP contribution < -0.4 is 0 Å². The van der Waals surface area contributed by atoms with Crippen LogP contribution in [0.5, 0.6) is 0 Å². The van der Waals surface area contributed by atoms with Crippen LogP contribution in [0, 0.1) is 0 Å². The Morgan fingerprint density at radius 1 is 1.33 bits per heavy atom. The normalized spacial score (nSPS) is 12.9. The van der Waals surface area contributed by atoms with Gasteiger partial charge in [0.05, 0.1) is 0 Å². The Labute approximate surface area is 88.7 Å². The van der Waals surface area contributed by atoms with Crippen molar-refractivity contribution in [2.24, 2.45) is 0 Å². The zero-order valence-electron chi connectivity index (χ0n) is 8.34. The van der Waals surface area contributed by atoms with Gasteiger partial charge in [0, 0.05) is 0 Å². The van der Waals surface area contributed by atoms with Gasteiger partial charge >= 0.3 is 5.97 Å². The first kappa shape index (κ1) is 11.5. The van der Waals surface area contributed by atoms with Crippen LogP contribution in [-0.2, 0) is 11.2 Å². The van der Waals surface area contributed by atoms with Gasteiger partial charge in [0.2, 0.25) is 0 Å². The summed E-state index contributed by atoms with van der Waals surface area (Å²) in [5, 5.41) is 17.3. The molecule has 80 valence electrons. The molecule has 15 heavy (non-hydrogen) atoms. The van der Waals surface area contributed by atoms with Crippen LogP contribution in [0.15, 0.2) is 42.5 Å². The molecular formula is C12H14O3. The maximum Gasteiger partial charge on any atom is 0.336 e. The van der Waals surface area contributed by atoms with E-state index >= 15 is 0 Å². The SMILES string of the molecule is O=C(O)C(O)/C=C/CCc1ccccc1. The van der Waals surface area contributed by atoms with Gasteiger partial charge in [0.25, 0.3) is 0 Å². The summed E-state index contributed by atoms with van der Waals surface area (Å²) in [6.45, 7) is 0. The van der Waals surface area contributed by atoms with E-state index in [0.29, 0.717) is 0 Å². The summed E-state index contributed by atoms with van der Waals surface area (Å²) in [5.41, 5.74) is 1.20. The first-order valence-corrected chi connectivity index (χ1v) is 4.81. The van der Waals surface area contributed by atoms with E-state index < -0.39 is 12.1 Å². The highest BCUT2D eigenvalue weighted by Gasteiger charge is 2.06. The molecule has 0 bridgehead atoms. The number of aliphatic hydroxyl groups is 1. The van der Waals surface area contributed by atoms with E-state index in [1.165, 1.54) is 11.6 Å². The van der Waals surface area contributed by atoms with Crippen LogP contribution in [0.1, 0.15) is 12.0 Å². The molecule has 2 N–H and O–H groups in total. The first-order chi connectivity index (χ1) is 7.20. The molecule has 1 unspecified atom stereocenters. The fourth-order valence-corrected chi connectivity index (χ4v) is 1.20. The van der Waals surface area contributed by atoms with E-state index in [4.69, 9.17) is 10.2 Å². The molecule has 3 nitrogen and oxygen atoms in total. The van der Waals surface area contributed by atoms with E-state index in [0.717, 1.165) is 12.8 Å². The highest BCUT2D eigenvalue weighted by Crippen LogP contribution is 2.03. The maximum absolute atomic E-state index is 10.3. The minimum Gasteiger partial charge on any atom is -0.479 e. The molecule has 0 fully saturated rings. The number of rotatable bonds is 5. The third kappa shape index (κ3) is 4.42. The zero-order chi connectivity index (χ0) is 11.1. The summed E-state index contributed by atoms with van der Waals surface area (Å²) < 4.78 is 0. The molecule has 0 amide bonds. The lowest BCUT2D eigenvalue weighted by atomic mass is 10.1. The van der Waals surface area contributed by atoms with Crippen molar-refractivity contribution in [3.8, 4) is 0 Å². The molecule has 3 heteroatoms. The lowest BCUT2D eigenvalue weighted by molar-refractivity contribution is -0.144. The standard InChI is InChI=1S/C12H14O3/c13-11(12(14)15)9-5-4-8-10-6-2-1-3-7-10/h1-3,5-7,9,11,13H,4,8H2,(H,14,15)/b9-5+. The fourth-order valence-electron chi connectivity index (χ4n) is 1.20. The molecule has 1 aromatic rings. The lowest BCUT2D eigenvalue weighted by Gasteiger charge is -1.98. The lowest BCUT2D eigenvalue weighted by Crippen LogP contribution is -2.15. The quantitative estimate of drug-likeness (QED) is 0.720. The average molecular weight is 206 g/mol. The average Bonchev–Trinajstić information content (AvgIpc) is 2.25. The second kappa shape index (κ2) is 5.98. The van der Waals surface area contributed by atoms with Gasteiger partial charge in [0.15, 0.2) is 6.10 Å². The van der Waals surface area contributed by atoms with Crippen LogP contribution in [0.4, 0.5) is 0 Å². The van der Waals surface area contributed by atoms with E-state index in [2.05, 4.69) is 0 Å². The van der Waals surface area contributed by atoms with Crippen molar-refractivity contribution in [3.63, 3.8) is 0 Å². The summed E-state index contributed by atoms with van der Waals surface area (Å²) in [7, 11) is 0. The van der Waals surface area contributed by atoms with Gasteiger partial charge in [-0.25, -0.2) is 4.79 Å². The van der Waals surface area contributed by atoms with Crippen molar-refractivity contribution in [3.05, 3.63) is 48.0 Å². The predicted octanol–water partition coefficient (Wildman–Crippen LogP) is 1.62. The van der Waals surface area contributed by atoms with Crippen LogP contribution in [-0.4, -0.2) is 22.3 Å². The molecule has 0 saturated heterocycles. The Bertz CT molecular complexity index is 330. The fraction of sp³-hybridized carbons (Fsp3) is 0.250. The van der Waals surface area contributed by atoms with Gasteiger partial charge in [-0.3, -0.25) is 0 Å². The molecule has 0 radical (unpaired) electrons. The molecule has 0 aliphatic rings. The van der Waals surface area contributed by atoms with E-state index in [1.54, 1.807) is 6.08 Å². The number of allylic oxidation sites excluding steroid dienone is 1. The third-order valence-corrected chi connectivity index (χ3v) is 2.01. The highest BCUT2D eigenvalue weighted by atomic mass is 16.4. The summed E-state index contributed by atoms with van der Waals surface area (Å²) in [4.78, 5) is 10.3. The predicted molar refractivity (Wildman–Crippen MR) is 57.5 cm³/mol. The molecule has 0 aliphatic carbocycles. The molecule has 0 aliphatic heterocycles. The number of benzene rings is 1. The zero-order valence-corrected chi connectivity index (χ0v) is 8.34. The second-order valence-corrected chi connectivity index (χ2v) is 3.24. The van der Waals surface area contributed by atoms with E-state index in [9.17, 15) is 4.79 Å². The minimum absolute atomic E-state index is 0.731. The number of carboxylic acid groups (broad SMARTS) is 1. The molecule has 1 rings (SSSR count). The van der Waals surface area contributed by atoms with Crippen LogP contribution in [0.25, 0.3) is 0 Å². The van der Waals surface area contributed by atoms with Crippen molar-refractivity contribution in [1.82, 2.24) is 0 Å². The monoisotopic (exact) mass is 206 g/mol. The Hall–Kier alpha value is -1.61. The van der Waals surface area contributed by atoms with Crippen molar-refractivity contribution in [2.75, 3.05) is 0 Å². The molecule has 0 spiro atoms. The Balaban J connectivity index is 2.31. The summed E-state index contributed by atoms with van der Waals surface area (Å²) in [6, 6.07) is 9.91. The smallest absolute Gasteiger partial charge is 0.336 e. The van der Waals surface area contributed by atoms with E-state index in [-0.39, 0.29) is 0 Å². The second-order valence-electron chi connectivity index (χ2n) is 3.24. The summed E-state index contributed by atoms with van der Waals surface area (Å²) in [5.74, 6) is -1.22. The van der Waals surface area contributed by atoms with Crippen molar-refractivity contribution < 1.29 is 15.0 Å². The minimum atomic E-state index is -1.39. The number of carboxylic acids is 1. The molecule has 1 aromatic carbocycles. The van der Waals surface area contributed by atoms with Crippen molar-refractivity contribution >= 4 is 5.97 Å². The molecule has 1 atom stereocenters. The van der Waals surface area contributed by atoms with Gasteiger partial charge in [-0.05, 0) is 24.5 Å². The number of carbonyl (C=O) groups is 1. The van der Waals surface area contributed by atoms with Crippen LogP contribution in [0.2, 0.25) is 0 Å². The van der Waals surface area contributed by atoms with Gasteiger partial charge in [-0.2, -0.15) is 0 Å². The van der Waals surface area contributed by atoms with Gasteiger partial charge in [-0.15, -0.1) is 0 Å². The summed E-state index contributed by atoms with van der Waals surface area (Å²) >= 11 is 0. The number of hydrogen-bond donors (Lipinski definition) is 2. The highest BCUT2D eigenvalue weighted by molar-refractivity contribution is 5.74. The van der Waals surface area contributed by atoms with Crippen LogP contribution >= 0.6 is 0 Å². The topological polar surface area (TPSA) is 57.5 Å². The Kier molecular flexibility index (Phi) is 4.57. The number of aryl methyl sites for hydroxylation is 1. The van der Waals surface area contributed by atoms with Gasteiger partial charge in [0.1, 0.15) is 0 Å². The van der Waals surface area contributed by atoms with Crippen LogP contribution in [0.3, 0.4) is 0 Å². The molecule has 0 heterocycles. The molecule has 0 saturated carbocycles. The third-order valence-electron chi connectivity index (χ3n) is 2.01. The maximum atomic E-state index is 10.3. The largest absolute Gasteiger partial charge is 0.479 e. The molecule has 0 aromatic heterocycles. The van der Waals surface area contributed by atoms with Gasteiger partial charge < -0.3 is 10.2 Å². The molecular weight excluding hydrogens is 192 g/mol. The Morgan fingerprint density at radius 3 is 2.60 bits per heavy atom. The van der Waals surface area contributed by atoms with E-state index in [1.807, 2.05) is 30.3 Å².